The molecule has 3 nitrogen and oxygen atoms in total. The number of aryl methyl sites for hydroxylation is 1. The molecule has 0 aromatic carbocycles. The highest BCUT2D eigenvalue weighted by atomic mass is 35.5. The number of nitrogens with zero attached hydrogens (tertiary/aromatic N) is 3. The zero-order valence-corrected chi connectivity index (χ0v) is 11.9. The van der Waals surface area contributed by atoms with Gasteiger partial charge in [0, 0.05) is 23.7 Å². The van der Waals surface area contributed by atoms with Crippen LogP contribution in [0.25, 0.3) is 11.5 Å². The number of hydrogen-bond acceptors (Lipinski definition) is 3. The Kier molecular flexibility index (Phi) is 4.38. The Morgan fingerprint density at radius 1 is 1.17 bits per heavy atom. The summed E-state index contributed by atoms with van der Waals surface area (Å²) in [6.45, 7) is 2.01. The summed E-state index contributed by atoms with van der Waals surface area (Å²) < 4.78 is 0. The van der Waals surface area contributed by atoms with Gasteiger partial charge in [-0.25, -0.2) is 15.0 Å². The highest BCUT2D eigenvalue weighted by Crippen LogP contribution is 2.26. The molecule has 6 heteroatoms. The highest BCUT2D eigenvalue weighted by molar-refractivity contribution is 6.35. The minimum absolute atomic E-state index is 0.394. The summed E-state index contributed by atoms with van der Waals surface area (Å²) in [7, 11) is 0. The van der Waals surface area contributed by atoms with Crippen molar-refractivity contribution in [2.45, 2.75) is 19.2 Å². The van der Waals surface area contributed by atoms with Gasteiger partial charge >= 0.3 is 0 Å². The molecule has 0 spiro atoms. The lowest BCUT2D eigenvalue weighted by Gasteiger charge is -2.07. The van der Waals surface area contributed by atoms with Crippen LogP contribution in [0.2, 0.25) is 10.0 Å². The molecule has 0 saturated heterocycles. The molecule has 2 rings (SSSR count). The van der Waals surface area contributed by atoms with Gasteiger partial charge in [0.2, 0.25) is 0 Å². The van der Waals surface area contributed by atoms with Gasteiger partial charge in [-0.05, 0) is 12.5 Å². The van der Waals surface area contributed by atoms with Crippen molar-refractivity contribution in [2.75, 3.05) is 0 Å². The molecule has 2 aromatic rings. The van der Waals surface area contributed by atoms with Crippen LogP contribution in [-0.2, 0) is 12.3 Å². The van der Waals surface area contributed by atoms with E-state index in [2.05, 4.69) is 15.0 Å². The first-order valence-electron chi connectivity index (χ1n) is 5.37. The molecule has 0 fully saturated rings. The molecule has 0 unspecified atom stereocenters. The Morgan fingerprint density at radius 3 is 2.56 bits per heavy atom. The third-order valence-electron chi connectivity index (χ3n) is 2.45. The molecule has 0 aliphatic heterocycles. The lowest BCUT2D eigenvalue weighted by atomic mass is 10.2. The second-order valence-corrected chi connectivity index (χ2v) is 4.75. The van der Waals surface area contributed by atoms with Gasteiger partial charge in [0.1, 0.15) is 5.69 Å². The molecule has 0 saturated carbocycles. The van der Waals surface area contributed by atoms with E-state index in [9.17, 15) is 0 Å². The number of hydrogen-bond donors (Lipinski definition) is 0. The summed E-state index contributed by atoms with van der Waals surface area (Å²) in [6.07, 6.45) is 4.01. The van der Waals surface area contributed by atoms with Gasteiger partial charge in [-0.2, -0.15) is 0 Å². The van der Waals surface area contributed by atoms with Gasteiger partial charge in [0.15, 0.2) is 5.82 Å². The molecule has 2 heterocycles. The first-order chi connectivity index (χ1) is 8.65. The fourth-order valence-corrected chi connectivity index (χ4v) is 2.24. The molecule has 0 bridgehead atoms. The Hall–Kier alpha value is -0.900. The van der Waals surface area contributed by atoms with E-state index in [1.165, 1.54) is 6.20 Å². The first kappa shape index (κ1) is 13.5. The maximum atomic E-state index is 6.08. The van der Waals surface area contributed by atoms with Gasteiger partial charge in [0.05, 0.1) is 15.9 Å². The predicted molar refractivity (Wildman–Crippen MR) is 74.2 cm³/mol. The van der Waals surface area contributed by atoms with Crippen LogP contribution < -0.4 is 0 Å². The smallest absolute Gasteiger partial charge is 0.179 e. The molecular weight excluding hydrogens is 293 g/mol. The first-order valence-corrected chi connectivity index (χ1v) is 6.67. The zero-order chi connectivity index (χ0) is 13.1. The van der Waals surface area contributed by atoms with Crippen LogP contribution in [0.1, 0.15) is 18.2 Å². The number of pyridine rings is 1. The summed E-state index contributed by atoms with van der Waals surface area (Å²) in [5, 5.41) is 0.917. The Labute approximate surface area is 120 Å². The lowest BCUT2D eigenvalue weighted by molar-refractivity contribution is 0.964. The fraction of sp³-hybridized carbons (Fsp3) is 0.250. The SMILES string of the molecule is CCc1nc(-c2ncc(Cl)cc2Cl)ncc1CCl. The third kappa shape index (κ3) is 2.74. The number of alkyl halides is 1. The number of aromatic nitrogens is 3. The average molecular weight is 303 g/mol. The van der Waals surface area contributed by atoms with Crippen LogP contribution in [0.15, 0.2) is 18.5 Å². The summed E-state index contributed by atoms with van der Waals surface area (Å²) in [6, 6.07) is 1.62. The van der Waals surface area contributed by atoms with E-state index in [0.29, 0.717) is 27.4 Å². The van der Waals surface area contributed by atoms with E-state index in [4.69, 9.17) is 34.8 Å². The largest absolute Gasteiger partial charge is 0.250 e. The van der Waals surface area contributed by atoms with Crippen molar-refractivity contribution in [3.8, 4) is 11.5 Å². The monoisotopic (exact) mass is 301 g/mol. The van der Waals surface area contributed by atoms with E-state index in [-0.39, 0.29) is 0 Å². The Bertz CT molecular complexity index is 572. The average Bonchev–Trinajstić information content (AvgIpc) is 2.38. The number of rotatable bonds is 3. The van der Waals surface area contributed by atoms with Crippen molar-refractivity contribution in [2.24, 2.45) is 0 Å². The molecule has 94 valence electrons. The molecular formula is C12H10Cl3N3. The minimum Gasteiger partial charge on any atom is -0.250 e. The van der Waals surface area contributed by atoms with Crippen LogP contribution in [0.4, 0.5) is 0 Å². The third-order valence-corrected chi connectivity index (χ3v) is 3.24. The summed E-state index contributed by atoms with van der Waals surface area (Å²) in [5.74, 6) is 0.882. The van der Waals surface area contributed by atoms with Gasteiger partial charge in [-0.15, -0.1) is 11.6 Å². The molecule has 0 aliphatic rings. The second-order valence-electron chi connectivity index (χ2n) is 3.64. The van der Waals surface area contributed by atoms with E-state index in [1.807, 2.05) is 6.92 Å². The van der Waals surface area contributed by atoms with Crippen LogP contribution in [0, 0.1) is 0 Å². The maximum absolute atomic E-state index is 6.08. The molecule has 18 heavy (non-hydrogen) atoms. The Morgan fingerprint density at radius 2 is 1.94 bits per heavy atom. The van der Waals surface area contributed by atoms with Crippen molar-refractivity contribution in [3.05, 3.63) is 39.8 Å². The van der Waals surface area contributed by atoms with E-state index >= 15 is 0 Å². The van der Waals surface area contributed by atoms with Crippen LogP contribution in [-0.4, -0.2) is 15.0 Å². The quantitative estimate of drug-likeness (QED) is 0.800. The standard InChI is InChI=1S/C12H10Cl3N3/c1-2-10-7(4-13)5-17-12(18-10)11-9(15)3-8(14)6-16-11/h3,5-6H,2,4H2,1H3. The predicted octanol–water partition coefficient (Wildman–Crippen LogP) is 4.15. The zero-order valence-electron chi connectivity index (χ0n) is 9.62. The maximum Gasteiger partial charge on any atom is 0.179 e. The molecule has 0 amide bonds. The highest BCUT2D eigenvalue weighted by Gasteiger charge is 2.11. The molecule has 0 atom stereocenters. The van der Waals surface area contributed by atoms with E-state index in [0.717, 1.165) is 17.7 Å². The van der Waals surface area contributed by atoms with E-state index < -0.39 is 0 Å². The van der Waals surface area contributed by atoms with Crippen molar-refractivity contribution in [1.29, 1.82) is 0 Å². The topological polar surface area (TPSA) is 38.7 Å². The van der Waals surface area contributed by atoms with Crippen molar-refractivity contribution in [3.63, 3.8) is 0 Å². The summed E-state index contributed by atoms with van der Waals surface area (Å²) in [5.41, 5.74) is 2.35. The van der Waals surface area contributed by atoms with Crippen LogP contribution in [0.3, 0.4) is 0 Å². The minimum atomic E-state index is 0.394. The molecule has 0 aliphatic carbocycles. The van der Waals surface area contributed by atoms with Gasteiger partial charge in [-0.3, -0.25) is 0 Å². The number of halogens is 3. The van der Waals surface area contributed by atoms with Gasteiger partial charge in [0.25, 0.3) is 0 Å². The van der Waals surface area contributed by atoms with Gasteiger partial charge < -0.3 is 0 Å². The summed E-state index contributed by atoms with van der Waals surface area (Å²) in [4.78, 5) is 12.8. The van der Waals surface area contributed by atoms with Crippen molar-refractivity contribution < 1.29 is 0 Å². The Balaban J connectivity index is 2.51. The van der Waals surface area contributed by atoms with Crippen molar-refractivity contribution in [1.82, 2.24) is 15.0 Å². The lowest BCUT2D eigenvalue weighted by Crippen LogP contribution is -2.00. The van der Waals surface area contributed by atoms with Crippen LogP contribution in [0.5, 0.6) is 0 Å². The second kappa shape index (κ2) is 5.83. The molecule has 2 aromatic heterocycles. The van der Waals surface area contributed by atoms with E-state index in [1.54, 1.807) is 12.3 Å². The summed E-state index contributed by atoms with van der Waals surface area (Å²) >= 11 is 17.7. The van der Waals surface area contributed by atoms with Crippen molar-refractivity contribution >= 4 is 34.8 Å². The van der Waals surface area contributed by atoms with Gasteiger partial charge in [-0.1, -0.05) is 30.1 Å². The molecule has 0 radical (unpaired) electrons. The fourth-order valence-electron chi connectivity index (χ4n) is 1.55. The van der Waals surface area contributed by atoms with Crippen LogP contribution >= 0.6 is 34.8 Å². The normalized spacial score (nSPS) is 10.7. The molecule has 0 N–H and O–H groups in total.